The molecule has 4 rings (SSSR count). The number of carbonyl (C=O) groups is 2. The number of ketones is 1. The van der Waals surface area contributed by atoms with E-state index < -0.39 is 36.3 Å². The van der Waals surface area contributed by atoms with Crippen molar-refractivity contribution < 1.29 is 34.0 Å². The number of carbonyl (C=O) groups excluding carboxylic acids is 2. The maximum atomic E-state index is 13.8. The molecule has 7 nitrogen and oxygen atoms in total. The van der Waals surface area contributed by atoms with Gasteiger partial charge < -0.3 is 24.4 Å². The number of aliphatic hydroxyl groups is 2. The number of hydrogen-bond donors (Lipinski definition) is 2. The molecule has 39 heavy (non-hydrogen) atoms. The Morgan fingerprint density at radius 1 is 0.795 bits per heavy atom. The number of aliphatic hydroxyl groups excluding tert-OH is 2. The molecule has 0 amide bonds. The number of esters is 1. The molecule has 0 heterocycles. The third kappa shape index (κ3) is 7.71. The Morgan fingerprint density at radius 2 is 1.31 bits per heavy atom. The van der Waals surface area contributed by atoms with Crippen LogP contribution in [0.5, 0.6) is 0 Å². The Balaban J connectivity index is 1.71. The number of benzene rings is 3. The van der Waals surface area contributed by atoms with Crippen molar-refractivity contribution in [2.24, 2.45) is 5.92 Å². The lowest BCUT2D eigenvalue weighted by atomic mass is 9.79. The van der Waals surface area contributed by atoms with Gasteiger partial charge in [-0.05, 0) is 16.7 Å². The van der Waals surface area contributed by atoms with Crippen molar-refractivity contribution in [3.8, 4) is 0 Å². The Bertz CT molecular complexity index is 1230. The van der Waals surface area contributed by atoms with Crippen LogP contribution in [0.3, 0.4) is 0 Å². The third-order valence-corrected chi connectivity index (χ3v) is 6.83. The molecule has 1 aliphatic carbocycles. The van der Waals surface area contributed by atoms with Crippen molar-refractivity contribution in [3.05, 3.63) is 119 Å². The molecule has 0 saturated heterocycles. The normalized spacial score (nSPS) is 20.5. The molecule has 7 heteroatoms. The van der Waals surface area contributed by atoms with E-state index in [0.29, 0.717) is 0 Å². The maximum absolute atomic E-state index is 13.8. The Morgan fingerprint density at radius 3 is 1.85 bits per heavy atom. The van der Waals surface area contributed by atoms with E-state index in [9.17, 15) is 19.8 Å². The van der Waals surface area contributed by atoms with Crippen molar-refractivity contribution in [1.82, 2.24) is 0 Å². The van der Waals surface area contributed by atoms with E-state index in [0.717, 1.165) is 16.7 Å². The van der Waals surface area contributed by atoms with Gasteiger partial charge in [0.2, 0.25) is 0 Å². The zero-order chi connectivity index (χ0) is 27.6. The first kappa shape index (κ1) is 28.4. The molecule has 204 valence electrons. The number of Topliss-reactive ketones (excluding diaryl/α,β-unsaturated/α-hetero) is 1. The number of rotatable bonds is 12. The first-order chi connectivity index (χ1) is 19.0. The lowest BCUT2D eigenvalue weighted by molar-refractivity contribution is -0.159. The van der Waals surface area contributed by atoms with Gasteiger partial charge in [0.1, 0.15) is 12.2 Å². The van der Waals surface area contributed by atoms with Crippen LogP contribution < -0.4 is 0 Å². The van der Waals surface area contributed by atoms with Crippen LogP contribution in [0.15, 0.2) is 103 Å². The van der Waals surface area contributed by atoms with Crippen molar-refractivity contribution >= 4 is 11.8 Å². The topological polar surface area (TPSA) is 102 Å². The van der Waals surface area contributed by atoms with Crippen LogP contribution in [0.25, 0.3) is 0 Å². The minimum absolute atomic E-state index is 0.0662. The van der Waals surface area contributed by atoms with Gasteiger partial charge in [-0.15, -0.1) is 0 Å². The molecule has 0 aromatic heterocycles. The van der Waals surface area contributed by atoms with Crippen molar-refractivity contribution in [3.63, 3.8) is 0 Å². The summed E-state index contributed by atoms with van der Waals surface area (Å²) in [5, 5.41) is 21.8. The molecule has 3 aromatic carbocycles. The van der Waals surface area contributed by atoms with Crippen LogP contribution >= 0.6 is 0 Å². The summed E-state index contributed by atoms with van der Waals surface area (Å²) in [5.74, 6) is -1.76. The zero-order valence-electron chi connectivity index (χ0n) is 21.9. The highest BCUT2D eigenvalue weighted by molar-refractivity contribution is 5.89. The van der Waals surface area contributed by atoms with Crippen molar-refractivity contribution in [2.75, 3.05) is 7.11 Å². The van der Waals surface area contributed by atoms with Gasteiger partial charge in [-0.2, -0.15) is 0 Å². The van der Waals surface area contributed by atoms with Gasteiger partial charge in [0.25, 0.3) is 0 Å². The quantitative estimate of drug-likeness (QED) is 0.343. The van der Waals surface area contributed by atoms with E-state index in [1.807, 2.05) is 91.0 Å². The highest BCUT2D eigenvalue weighted by Crippen LogP contribution is 2.32. The summed E-state index contributed by atoms with van der Waals surface area (Å²) in [6.45, 7) is 0.270. The fourth-order valence-corrected chi connectivity index (χ4v) is 4.77. The molecule has 0 aliphatic heterocycles. The van der Waals surface area contributed by atoms with Crippen LogP contribution in [-0.2, 0) is 43.4 Å². The molecular formula is C32H34O7. The van der Waals surface area contributed by atoms with Gasteiger partial charge in [-0.1, -0.05) is 97.1 Å². The molecule has 0 bridgehead atoms. The molecule has 0 radical (unpaired) electrons. The molecule has 0 fully saturated rings. The average molecular weight is 531 g/mol. The van der Waals surface area contributed by atoms with E-state index in [-0.39, 0.29) is 37.4 Å². The Hall–Kier alpha value is -3.62. The number of methoxy groups -OCH3 is 1. The summed E-state index contributed by atoms with van der Waals surface area (Å²) >= 11 is 0. The second-order valence-corrected chi connectivity index (χ2v) is 9.63. The fraction of sp³-hybridized carbons (Fsp3) is 0.312. The minimum atomic E-state index is -1.29. The van der Waals surface area contributed by atoms with Gasteiger partial charge in [0, 0.05) is 24.3 Å². The van der Waals surface area contributed by atoms with Crippen LogP contribution in [0, 0.1) is 5.92 Å². The van der Waals surface area contributed by atoms with Crippen LogP contribution in [-0.4, -0.2) is 53.5 Å². The largest absolute Gasteiger partial charge is 0.466 e. The Kier molecular flexibility index (Phi) is 10.2. The fourth-order valence-electron chi connectivity index (χ4n) is 4.77. The first-order valence-corrected chi connectivity index (χ1v) is 13.0. The number of hydrogen-bond acceptors (Lipinski definition) is 7. The van der Waals surface area contributed by atoms with Crippen LogP contribution in [0.4, 0.5) is 0 Å². The van der Waals surface area contributed by atoms with Crippen molar-refractivity contribution in [1.29, 1.82) is 0 Å². The number of ether oxygens (including phenoxy) is 3. The minimum Gasteiger partial charge on any atom is -0.466 e. The summed E-state index contributed by atoms with van der Waals surface area (Å²) in [6, 6.07) is 28.2. The van der Waals surface area contributed by atoms with Crippen LogP contribution in [0.2, 0.25) is 0 Å². The molecule has 2 N–H and O–H groups in total. The summed E-state index contributed by atoms with van der Waals surface area (Å²) in [4.78, 5) is 26.2. The standard InChI is InChI=1S/C32H34O7/c1-37-32(36)25-18-26(29(35)27(33)19-25)30(38-20-23-13-7-3-8-14-23)31(39-21-24-15-9-4-10-16-24)28(34)17-22-11-5-2-6-12-22/h2-16,18,26-27,29-31,33,35H,17,19-21H2,1H3/t26-,27-,29-,30?,31?/m1/s1. The van der Waals surface area contributed by atoms with E-state index in [2.05, 4.69) is 0 Å². The van der Waals surface area contributed by atoms with Gasteiger partial charge in [-0.25, -0.2) is 4.79 Å². The molecular weight excluding hydrogens is 496 g/mol. The highest BCUT2D eigenvalue weighted by Gasteiger charge is 2.43. The lowest BCUT2D eigenvalue weighted by Gasteiger charge is -2.38. The van der Waals surface area contributed by atoms with E-state index in [4.69, 9.17) is 14.2 Å². The van der Waals surface area contributed by atoms with Gasteiger partial charge in [-0.3, -0.25) is 4.79 Å². The zero-order valence-corrected chi connectivity index (χ0v) is 21.9. The SMILES string of the molecule is COC(=O)C1=C[C@@H](C(OCc2ccccc2)C(OCc2ccccc2)C(=O)Cc2ccccc2)[C@@H](O)[C@H](O)C1. The van der Waals surface area contributed by atoms with E-state index in [1.165, 1.54) is 7.11 Å². The second kappa shape index (κ2) is 14.0. The summed E-state index contributed by atoms with van der Waals surface area (Å²) in [5.41, 5.74) is 2.76. The monoisotopic (exact) mass is 530 g/mol. The first-order valence-electron chi connectivity index (χ1n) is 13.0. The maximum Gasteiger partial charge on any atom is 0.333 e. The smallest absolute Gasteiger partial charge is 0.333 e. The average Bonchev–Trinajstić information content (AvgIpc) is 2.97. The summed E-state index contributed by atoms with van der Waals surface area (Å²) in [6.07, 6.45) is -3.06. The summed E-state index contributed by atoms with van der Waals surface area (Å²) in [7, 11) is 1.26. The predicted molar refractivity (Wildman–Crippen MR) is 145 cm³/mol. The molecule has 0 spiro atoms. The third-order valence-electron chi connectivity index (χ3n) is 6.83. The van der Waals surface area contributed by atoms with Gasteiger partial charge in [0.05, 0.1) is 32.5 Å². The van der Waals surface area contributed by atoms with Crippen molar-refractivity contribution in [2.45, 2.75) is 50.5 Å². The predicted octanol–water partition coefficient (Wildman–Crippen LogP) is 3.81. The molecule has 3 aromatic rings. The summed E-state index contributed by atoms with van der Waals surface area (Å²) < 4.78 is 17.5. The molecule has 5 atom stereocenters. The molecule has 2 unspecified atom stereocenters. The van der Waals surface area contributed by atoms with Gasteiger partial charge >= 0.3 is 5.97 Å². The van der Waals surface area contributed by atoms with Gasteiger partial charge in [0.15, 0.2) is 5.78 Å². The van der Waals surface area contributed by atoms with E-state index in [1.54, 1.807) is 6.08 Å². The van der Waals surface area contributed by atoms with Crippen LogP contribution in [0.1, 0.15) is 23.1 Å². The Labute approximate surface area is 228 Å². The second-order valence-electron chi connectivity index (χ2n) is 9.63. The lowest BCUT2D eigenvalue weighted by Crippen LogP contribution is -2.51. The van der Waals surface area contributed by atoms with E-state index >= 15 is 0 Å². The highest BCUT2D eigenvalue weighted by atomic mass is 16.5. The molecule has 0 saturated carbocycles. The molecule has 1 aliphatic rings.